The van der Waals surface area contributed by atoms with Gasteiger partial charge in [-0.1, -0.05) is 27.2 Å². The molecule has 4 atom stereocenters. The van der Waals surface area contributed by atoms with E-state index >= 15 is 0 Å². The van der Waals surface area contributed by atoms with E-state index < -0.39 is 5.79 Å². The number of carbonyl (C=O) groups excluding carboxylic acids is 2. The van der Waals surface area contributed by atoms with Crippen LogP contribution in [0.1, 0.15) is 67.2 Å². The van der Waals surface area contributed by atoms with Gasteiger partial charge in [0.25, 0.3) is 11.8 Å². The Balaban J connectivity index is 1.95. The van der Waals surface area contributed by atoms with Crippen LogP contribution in [0, 0.1) is 17.8 Å². The summed E-state index contributed by atoms with van der Waals surface area (Å²) < 4.78 is 5.53. The number of rotatable bonds is 8. The van der Waals surface area contributed by atoms with Crippen molar-refractivity contribution in [1.82, 2.24) is 4.90 Å². The summed E-state index contributed by atoms with van der Waals surface area (Å²) in [6, 6.07) is 0. The van der Waals surface area contributed by atoms with Crippen molar-refractivity contribution in [3.8, 4) is 0 Å². The molecule has 2 amide bonds. The van der Waals surface area contributed by atoms with E-state index in [1.807, 2.05) is 0 Å². The minimum atomic E-state index is -1.02. The van der Waals surface area contributed by atoms with Gasteiger partial charge in [0.1, 0.15) is 0 Å². The molecule has 1 heterocycles. The Morgan fingerprint density at radius 3 is 2.26 bits per heavy atom. The Morgan fingerprint density at radius 1 is 1.15 bits per heavy atom. The number of methoxy groups -OCH3 is 1. The smallest absolute Gasteiger partial charge is 0.256 e. The summed E-state index contributed by atoms with van der Waals surface area (Å²) in [4.78, 5) is 37.3. The van der Waals surface area contributed by atoms with Crippen LogP contribution in [0.5, 0.6) is 0 Å². The van der Waals surface area contributed by atoms with Gasteiger partial charge in [-0.2, -0.15) is 0 Å². The number of imide groups is 1. The molecule has 4 unspecified atom stereocenters. The molecule has 0 saturated heterocycles. The molecule has 0 aromatic heterocycles. The zero-order valence-corrected chi connectivity index (χ0v) is 17.8. The fourth-order valence-electron chi connectivity index (χ4n) is 3.90. The highest BCUT2D eigenvalue weighted by Gasteiger charge is 2.38. The molecule has 6 nitrogen and oxygen atoms in total. The largest absolute Gasteiger partial charge is 0.351 e. The van der Waals surface area contributed by atoms with Crippen LogP contribution in [0.15, 0.2) is 11.1 Å². The maximum absolute atomic E-state index is 12.2. The molecule has 0 radical (unpaired) electrons. The van der Waals surface area contributed by atoms with E-state index in [1.54, 1.807) is 27.9 Å². The van der Waals surface area contributed by atoms with Crippen molar-refractivity contribution < 1.29 is 24.1 Å². The van der Waals surface area contributed by atoms with Gasteiger partial charge < -0.3 is 4.74 Å². The first-order valence-corrected chi connectivity index (χ1v) is 10.0. The number of hydrogen-bond acceptors (Lipinski definition) is 5. The van der Waals surface area contributed by atoms with Gasteiger partial charge in [-0.3, -0.25) is 14.5 Å². The fraction of sp³-hybridized carbons (Fsp3) is 0.810. The summed E-state index contributed by atoms with van der Waals surface area (Å²) in [5.74, 6) is 0.0953. The third kappa shape index (κ3) is 4.98. The lowest BCUT2D eigenvalue weighted by Crippen LogP contribution is -2.42. The highest BCUT2D eigenvalue weighted by molar-refractivity contribution is 6.18. The molecule has 2 aliphatic rings. The van der Waals surface area contributed by atoms with E-state index in [0.717, 1.165) is 12.8 Å². The maximum atomic E-state index is 12.2. The van der Waals surface area contributed by atoms with Crippen LogP contribution >= 0.6 is 0 Å². The van der Waals surface area contributed by atoms with Crippen LogP contribution in [0.2, 0.25) is 0 Å². The van der Waals surface area contributed by atoms with Crippen LogP contribution in [0.3, 0.4) is 0 Å². The van der Waals surface area contributed by atoms with Gasteiger partial charge in [-0.25, -0.2) is 9.78 Å². The molecule has 0 aromatic carbocycles. The van der Waals surface area contributed by atoms with Gasteiger partial charge in [0.15, 0.2) is 5.79 Å². The third-order valence-electron chi connectivity index (χ3n) is 6.23. The lowest BCUT2D eigenvalue weighted by Gasteiger charge is -2.38. The Bertz CT molecular complexity index is 575. The van der Waals surface area contributed by atoms with Crippen LogP contribution in [0.4, 0.5) is 0 Å². The summed E-state index contributed by atoms with van der Waals surface area (Å²) in [7, 11) is 1.55. The van der Waals surface area contributed by atoms with Gasteiger partial charge >= 0.3 is 0 Å². The van der Waals surface area contributed by atoms with E-state index in [4.69, 9.17) is 14.5 Å². The van der Waals surface area contributed by atoms with E-state index in [1.165, 1.54) is 11.3 Å². The number of amides is 2. The lowest BCUT2D eigenvalue weighted by molar-refractivity contribution is -0.446. The molecule has 1 aliphatic heterocycles. The monoisotopic (exact) mass is 381 g/mol. The van der Waals surface area contributed by atoms with E-state index in [0.29, 0.717) is 35.3 Å². The van der Waals surface area contributed by atoms with E-state index in [9.17, 15) is 9.59 Å². The molecule has 6 heteroatoms. The quantitative estimate of drug-likeness (QED) is 0.276. The molecular weight excluding hydrogens is 346 g/mol. The van der Waals surface area contributed by atoms with Gasteiger partial charge in [-0.15, -0.1) is 0 Å². The molecular formula is C21H35NO5. The van der Waals surface area contributed by atoms with Crippen molar-refractivity contribution in [2.45, 2.75) is 79.1 Å². The second-order valence-corrected chi connectivity index (χ2v) is 8.64. The first-order valence-electron chi connectivity index (χ1n) is 10.0. The normalized spacial score (nSPS) is 29.0. The van der Waals surface area contributed by atoms with Crippen LogP contribution in [-0.2, 0) is 24.1 Å². The molecule has 154 valence electrons. The Morgan fingerprint density at radius 2 is 1.74 bits per heavy atom. The van der Waals surface area contributed by atoms with Crippen molar-refractivity contribution in [2.24, 2.45) is 17.8 Å². The minimum absolute atomic E-state index is 0.0319. The van der Waals surface area contributed by atoms with Gasteiger partial charge in [0, 0.05) is 31.2 Å². The molecule has 2 rings (SSSR count). The van der Waals surface area contributed by atoms with Crippen molar-refractivity contribution in [3.05, 3.63) is 11.1 Å². The van der Waals surface area contributed by atoms with Crippen molar-refractivity contribution in [2.75, 3.05) is 13.7 Å². The third-order valence-corrected chi connectivity index (χ3v) is 6.23. The summed E-state index contributed by atoms with van der Waals surface area (Å²) in [6.45, 7) is 12.0. The van der Waals surface area contributed by atoms with Crippen molar-refractivity contribution >= 4 is 11.8 Å². The molecule has 1 saturated carbocycles. The summed E-state index contributed by atoms with van der Waals surface area (Å²) in [6.07, 6.45) is 3.70. The first-order chi connectivity index (χ1) is 12.6. The second-order valence-electron chi connectivity index (χ2n) is 8.64. The Labute approximate surface area is 163 Å². The maximum Gasteiger partial charge on any atom is 0.256 e. The molecule has 0 bridgehead atoms. The van der Waals surface area contributed by atoms with Crippen molar-refractivity contribution in [3.63, 3.8) is 0 Å². The molecule has 1 aliphatic carbocycles. The van der Waals surface area contributed by atoms with Crippen molar-refractivity contribution in [1.29, 1.82) is 0 Å². The summed E-state index contributed by atoms with van der Waals surface area (Å²) in [5, 5.41) is 0. The zero-order valence-electron chi connectivity index (χ0n) is 17.8. The van der Waals surface area contributed by atoms with Gasteiger partial charge in [0.2, 0.25) is 0 Å². The summed E-state index contributed by atoms with van der Waals surface area (Å²) >= 11 is 0. The number of nitrogens with zero attached hydrogens (tertiary/aromatic N) is 1. The Hall–Kier alpha value is -1.24. The highest BCUT2D eigenvalue weighted by atomic mass is 17.2. The number of carbonyl (C=O) groups is 2. The van der Waals surface area contributed by atoms with Gasteiger partial charge in [0.05, 0.1) is 6.10 Å². The zero-order chi connectivity index (χ0) is 20.4. The second kappa shape index (κ2) is 8.84. The topological polar surface area (TPSA) is 65.1 Å². The predicted octanol–water partition coefficient (Wildman–Crippen LogP) is 3.85. The first kappa shape index (κ1) is 22.1. The Kier molecular flexibility index (Phi) is 7.22. The minimum Gasteiger partial charge on any atom is -0.351 e. The molecule has 0 N–H and O–H groups in total. The SMILES string of the molecule is COC(C)(CCN1C(=O)C(C)=C(C)C1=O)OOC1CC(C)CCC1C(C)C. The molecule has 1 fully saturated rings. The summed E-state index contributed by atoms with van der Waals surface area (Å²) in [5.41, 5.74) is 1.01. The van der Waals surface area contributed by atoms with Crippen LogP contribution in [0.25, 0.3) is 0 Å². The fourth-order valence-corrected chi connectivity index (χ4v) is 3.90. The standard InChI is InChI=1S/C21H35NO5/c1-13(2)17-9-8-14(3)12-18(17)26-27-21(6,25-7)10-11-22-19(23)15(4)16(5)20(22)24/h13-14,17-18H,8-12H2,1-7H3. The van der Waals surface area contributed by atoms with E-state index in [2.05, 4.69) is 20.8 Å². The van der Waals surface area contributed by atoms with Crippen LogP contribution < -0.4 is 0 Å². The number of hydrogen-bond donors (Lipinski definition) is 0. The van der Waals surface area contributed by atoms with Crippen LogP contribution in [-0.4, -0.2) is 42.3 Å². The average molecular weight is 382 g/mol. The van der Waals surface area contributed by atoms with E-state index in [-0.39, 0.29) is 24.5 Å². The molecule has 0 aromatic rings. The van der Waals surface area contributed by atoms with Gasteiger partial charge in [-0.05, 0) is 51.4 Å². The number of ether oxygens (including phenoxy) is 1. The predicted molar refractivity (Wildman–Crippen MR) is 102 cm³/mol. The average Bonchev–Trinajstić information content (AvgIpc) is 2.81. The molecule has 0 spiro atoms. The molecule has 27 heavy (non-hydrogen) atoms. The lowest BCUT2D eigenvalue weighted by atomic mass is 9.75. The highest BCUT2D eigenvalue weighted by Crippen LogP contribution is 2.36.